The van der Waals surface area contributed by atoms with Crippen LogP contribution in [0.25, 0.3) is 0 Å². The van der Waals surface area contributed by atoms with E-state index in [1.165, 1.54) is 24.9 Å². The zero-order chi connectivity index (χ0) is 11.4. The standard InChI is InChI=1S/C12H18BrN3/c1-16(11-3-2-5-14-8-11)9-10-4-6-15-12(13)7-10/h4,6-7,11,14H,2-3,5,8-9H2,1H3/t11-/m0/s1. The van der Waals surface area contributed by atoms with Crippen LogP contribution >= 0.6 is 15.9 Å². The van der Waals surface area contributed by atoms with Crippen molar-refractivity contribution in [2.45, 2.75) is 25.4 Å². The predicted octanol–water partition coefficient (Wildman–Crippen LogP) is 2.03. The molecule has 2 rings (SSSR count). The third-order valence-electron chi connectivity index (χ3n) is 3.12. The van der Waals surface area contributed by atoms with Gasteiger partial charge >= 0.3 is 0 Å². The Bertz CT molecular complexity index is 337. The van der Waals surface area contributed by atoms with Gasteiger partial charge in [0.05, 0.1) is 0 Å². The Morgan fingerprint density at radius 2 is 2.50 bits per heavy atom. The van der Waals surface area contributed by atoms with E-state index >= 15 is 0 Å². The number of hydrogen-bond donors (Lipinski definition) is 1. The van der Waals surface area contributed by atoms with Gasteiger partial charge in [-0.25, -0.2) is 4.98 Å². The second kappa shape index (κ2) is 5.75. The van der Waals surface area contributed by atoms with Crippen LogP contribution in [0.1, 0.15) is 18.4 Å². The fourth-order valence-electron chi connectivity index (χ4n) is 2.17. The summed E-state index contributed by atoms with van der Waals surface area (Å²) in [5.74, 6) is 0. The molecule has 2 heterocycles. The molecular weight excluding hydrogens is 266 g/mol. The van der Waals surface area contributed by atoms with E-state index in [-0.39, 0.29) is 0 Å². The van der Waals surface area contributed by atoms with Gasteiger partial charge in [-0.2, -0.15) is 0 Å². The zero-order valence-electron chi connectivity index (χ0n) is 9.62. The molecule has 0 amide bonds. The van der Waals surface area contributed by atoms with Gasteiger partial charge in [0.25, 0.3) is 0 Å². The Morgan fingerprint density at radius 3 is 3.19 bits per heavy atom. The summed E-state index contributed by atoms with van der Waals surface area (Å²) in [6, 6.07) is 4.84. The monoisotopic (exact) mass is 283 g/mol. The van der Waals surface area contributed by atoms with E-state index in [1.807, 2.05) is 6.20 Å². The summed E-state index contributed by atoms with van der Waals surface area (Å²) in [5, 5.41) is 3.45. The van der Waals surface area contributed by atoms with E-state index in [1.54, 1.807) is 0 Å². The molecule has 0 unspecified atom stereocenters. The zero-order valence-corrected chi connectivity index (χ0v) is 11.2. The van der Waals surface area contributed by atoms with Crippen LogP contribution in [0.5, 0.6) is 0 Å². The Hall–Kier alpha value is -0.450. The van der Waals surface area contributed by atoms with Crippen LogP contribution < -0.4 is 5.32 Å². The SMILES string of the molecule is CN(Cc1ccnc(Br)c1)[C@H]1CCCNC1. The Kier molecular flexibility index (Phi) is 4.32. The Morgan fingerprint density at radius 1 is 1.62 bits per heavy atom. The largest absolute Gasteiger partial charge is 0.315 e. The maximum Gasteiger partial charge on any atom is 0.106 e. The van der Waals surface area contributed by atoms with Crippen molar-refractivity contribution in [1.29, 1.82) is 0 Å². The summed E-state index contributed by atoms with van der Waals surface area (Å²) in [6.07, 6.45) is 4.44. The van der Waals surface area contributed by atoms with Gasteiger partial charge in [0, 0.05) is 25.3 Å². The molecule has 0 aliphatic carbocycles. The highest BCUT2D eigenvalue weighted by Gasteiger charge is 2.17. The van der Waals surface area contributed by atoms with Crippen LogP contribution in [0.3, 0.4) is 0 Å². The number of pyridine rings is 1. The number of rotatable bonds is 3. The normalized spacial score (nSPS) is 21.3. The van der Waals surface area contributed by atoms with Gasteiger partial charge < -0.3 is 5.32 Å². The highest BCUT2D eigenvalue weighted by molar-refractivity contribution is 9.10. The molecule has 0 saturated carbocycles. The Balaban J connectivity index is 1.93. The smallest absolute Gasteiger partial charge is 0.106 e. The van der Waals surface area contributed by atoms with Gasteiger partial charge in [-0.1, -0.05) is 0 Å². The molecule has 1 fully saturated rings. The van der Waals surface area contributed by atoms with Gasteiger partial charge in [0.2, 0.25) is 0 Å². The average molecular weight is 284 g/mol. The first-order chi connectivity index (χ1) is 7.75. The molecule has 3 nitrogen and oxygen atoms in total. The molecule has 1 atom stereocenters. The number of nitrogens with one attached hydrogen (secondary N) is 1. The molecule has 4 heteroatoms. The van der Waals surface area contributed by atoms with Crippen LogP contribution in [0.15, 0.2) is 22.9 Å². The molecule has 1 aromatic rings. The van der Waals surface area contributed by atoms with Crippen molar-refractivity contribution in [3.63, 3.8) is 0 Å². The summed E-state index contributed by atoms with van der Waals surface area (Å²) in [4.78, 5) is 6.57. The minimum Gasteiger partial charge on any atom is -0.315 e. The molecule has 0 aromatic carbocycles. The van der Waals surface area contributed by atoms with Gasteiger partial charge in [-0.3, -0.25) is 4.90 Å². The predicted molar refractivity (Wildman–Crippen MR) is 69.3 cm³/mol. The highest BCUT2D eigenvalue weighted by atomic mass is 79.9. The number of halogens is 1. The quantitative estimate of drug-likeness (QED) is 0.861. The molecule has 1 saturated heterocycles. The number of likely N-dealkylation sites (N-methyl/N-ethyl adjacent to an activating group) is 1. The topological polar surface area (TPSA) is 28.2 Å². The van der Waals surface area contributed by atoms with E-state index in [9.17, 15) is 0 Å². The molecule has 0 bridgehead atoms. The van der Waals surface area contributed by atoms with E-state index in [0.717, 1.165) is 17.7 Å². The van der Waals surface area contributed by atoms with Crippen molar-refractivity contribution in [2.75, 3.05) is 20.1 Å². The summed E-state index contributed by atoms with van der Waals surface area (Å²) < 4.78 is 0.917. The van der Waals surface area contributed by atoms with Gasteiger partial charge in [-0.15, -0.1) is 0 Å². The van der Waals surface area contributed by atoms with E-state index in [0.29, 0.717) is 6.04 Å². The van der Waals surface area contributed by atoms with Crippen molar-refractivity contribution >= 4 is 15.9 Å². The van der Waals surface area contributed by atoms with Crippen LogP contribution in [0.4, 0.5) is 0 Å². The lowest BCUT2D eigenvalue weighted by Gasteiger charge is -2.31. The van der Waals surface area contributed by atoms with Crippen LogP contribution in [-0.4, -0.2) is 36.1 Å². The van der Waals surface area contributed by atoms with Gasteiger partial charge in [0.15, 0.2) is 0 Å². The minimum absolute atomic E-state index is 0.667. The fraction of sp³-hybridized carbons (Fsp3) is 0.583. The lowest BCUT2D eigenvalue weighted by Crippen LogP contribution is -2.43. The molecule has 1 aliphatic rings. The molecule has 1 aromatic heterocycles. The molecule has 1 aliphatic heterocycles. The van der Waals surface area contributed by atoms with Crippen molar-refractivity contribution in [3.05, 3.63) is 28.5 Å². The minimum atomic E-state index is 0.667. The van der Waals surface area contributed by atoms with Crippen LogP contribution in [-0.2, 0) is 6.54 Å². The summed E-state index contributed by atoms with van der Waals surface area (Å²) in [5.41, 5.74) is 1.31. The van der Waals surface area contributed by atoms with Crippen molar-refractivity contribution < 1.29 is 0 Å². The number of piperidine rings is 1. The first-order valence-corrected chi connectivity index (χ1v) is 6.56. The lowest BCUT2D eigenvalue weighted by atomic mass is 10.1. The fourth-order valence-corrected chi connectivity index (χ4v) is 2.58. The molecule has 16 heavy (non-hydrogen) atoms. The Labute approximate surface area is 105 Å². The highest BCUT2D eigenvalue weighted by Crippen LogP contribution is 2.14. The number of hydrogen-bond acceptors (Lipinski definition) is 3. The lowest BCUT2D eigenvalue weighted by molar-refractivity contribution is 0.196. The summed E-state index contributed by atoms with van der Waals surface area (Å²) in [7, 11) is 2.20. The van der Waals surface area contributed by atoms with Crippen LogP contribution in [0, 0.1) is 0 Å². The molecular formula is C12H18BrN3. The van der Waals surface area contributed by atoms with E-state index < -0.39 is 0 Å². The maximum atomic E-state index is 4.15. The first kappa shape index (κ1) is 12.0. The maximum absolute atomic E-state index is 4.15. The summed E-state index contributed by atoms with van der Waals surface area (Å²) in [6.45, 7) is 3.28. The second-order valence-corrected chi connectivity index (χ2v) is 5.21. The van der Waals surface area contributed by atoms with E-state index in [4.69, 9.17) is 0 Å². The second-order valence-electron chi connectivity index (χ2n) is 4.40. The number of aromatic nitrogens is 1. The molecule has 0 radical (unpaired) electrons. The van der Waals surface area contributed by atoms with Crippen LogP contribution in [0.2, 0.25) is 0 Å². The molecule has 88 valence electrons. The molecule has 1 N–H and O–H groups in total. The van der Waals surface area contributed by atoms with Gasteiger partial charge in [0.1, 0.15) is 4.60 Å². The molecule has 0 spiro atoms. The third kappa shape index (κ3) is 3.27. The summed E-state index contributed by atoms with van der Waals surface area (Å²) >= 11 is 3.41. The number of nitrogens with zero attached hydrogens (tertiary/aromatic N) is 2. The van der Waals surface area contributed by atoms with E-state index in [2.05, 4.69) is 50.3 Å². The van der Waals surface area contributed by atoms with Crippen molar-refractivity contribution in [2.24, 2.45) is 0 Å². The van der Waals surface area contributed by atoms with Gasteiger partial charge in [-0.05, 0) is 60.1 Å². The van der Waals surface area contributed by atoms with Crippen molar-refractivity contribution in [3.8, 4) is 0 Å². The van der Waals surface area contributed by atoms with Crippen molar-refractivity contribution in [1.82, 2.24) is 15.2 Å². The first-order valence-electron chi connectivity index (χ1n) is 5.77. The third-order valence-corrected chi connectivity index (χ3v) is 3.55. The average Bonchev–Trinajstić information content (AvgIpc) is 2.30.